The van der Waals surface area contributed by atoms with Gasteiger partial charge in [-0.25, -0.2) is 4.98 Å². The summed E-state index contributed by atoms with van der Waals surface area (Å²) in [6, 6.07) is -0.322. The van der Waals surface area contributed by atoms with Gasteiger partial charge in [-0.1, -0.05) is 0 Å². The average molecular weight is 348 g/mol. The monoisotopic (exact) mass is 348 g/mol. The van der Waals surface area contributed by atoms with Crippen molar-refractivity contribution in [3.8, 4) is 0 Å². The van der Waals surface area contributed by atoms with E-state index >= 15 is 0 Å². The third kappa shape index (κ3) is 2.53. The van der Waals surface area contributed by atoms with Crippen LogP contribution in [-0.2, 0) is 29.1 Å². The number of fused-ring (bicyclic) bond motifs is 2. The molecule has 1 aromatic rings. The number of hydrogen-bond acceptors (Lipinski definition) is 4. The topological polar surface area (TPSA) is 58.4 Å². The van der Waals surface area contributed by atoms with Crippen molar-refractivity contribution in [2.45, 2.75) is 63.0 Å². The van der Waals surface area contributed by atoms with Crippen molar-refractivity contribution in [3.05, 3.63) is 17.7 Å². The molecule has 0 aliphatic carbocycles. The zero-order valence-corrected chi connectivity index (χ0v) is 15.1. The Morgan fingerprint density at radius 3 is 3.08 bits per heavy atom. The maximum Gasteiger partial charge on any atom is 0.246 e. The Labute approximate surface area is 146 Å². The number of amides is 2. The molecular weight excluding hydrogens is 324 g/mol. The first-order valence-electron chi connectivity index (χ1n) is 8.74. The molecule has 0 spiro atoms. The first-order valence-corrected chi connectivity index (χ1v) is 9.72. The SMILES string of the molecule is CN(Cc1cn2c(n1)CCCC2)C(=O)[C@H]1CS[C@@]2(C)CCC(=O)N12. The maximum absolute atomic E-state index is 12.9. The second-order valence-corrected chi connectivity index (χ2v) is 8.76. The van der Waals surface area contributed by atoms with Crippen LogP contribution >= 0.6 is 11.8 Å². The number of likely N-dealkylation sites (N-methyl/N-ethyl adjacent to an activating group) is 1. The molecule has 7 heteroatoms. The van der Waals surface area contributed by atoms with E-state index < -0.39 is 0 Å². The van der Waals surface area contributed by atoms with Crippen molar-refractivity contribution >= 4 is 23.6 Å². The van der Waals surface area contributed by atoms with Crippen LogP contribution < -0.4 is 0 Å². The summed E-state index contributed by atoms with van der Waals surface area (Å²) < 4.78 is 2.21. The number of aryl methyl sites for hydroxylation is 2. The molecule has 2 saturated heterocycles. The fourth-order valence-corrected chi connectivity index (χ4v) is 5.55. The summed E-state index contributed by atoms with van der Waals surface area (Å²) in [5.41, 5.74) is 0.948. The summed E-state index contributed by atoms with van der Waals surface area (Å²) in [6.07, 6.45) is 6.90. The predicted molar refractivity (Wildman–Crippen MR) is 92.4 cm³/mol. The van der Waals surface area contributed by atoms with Crippen molar-refractivity contribution in [2.24, 2.45) is 0 Å². The number of aromatic nitrogens is 2. The summed E-state index contributed by atoms with van der Waals surface area (Å²) in [4.78, 5) is 33.2. The lowest BCUT2D eigenvalue weighted by Crippen LogP contribution is -2.50. The highest BCUT2D eigenvalue weighted by Gasteiger charge is 2.53. The van der Waals surface area contributed by atoms with Gasteiger partial charge in [0.15, 0.2) is 0 Å². The van der Waals surface area contributed by atoms with Gasteiger partial charge in [0.05, 0.1) is 17.1 Å². The molecule has 0 bridgehead atoms. The molecule has 0 radical (unpaired) electrons. The van der Waals surface area contributed by atoms with Gasteiger partial charge in [0.25, 0.3) is 0 Å². The molecule has 2 fully saturated rings. The van der Waals surface area contributed by atoms with Gasteiger partial charge in [-0.05, 0) is 26.2 Å². The van der Waals surface area contributed by atoms with E-state index in [0.717, 1.165) is 30.9 Å². The number of hydrogen-bond donors (Lipinski definition) is 0. The van der Waals surface area contributed by atoms with E-state index in [4.69, 9.17) is 0 Å². The van der Waals surface area contributed by atoms with E-state index in [2.05, 4.69) is 22.7 Å². The van der Waals surface area contributed by atoms with Crippen LogP contribution in [0.1, 0.15) is 44.1 Å². The van der Waals surface area contributed by atoms with E-state index in [1.807, 2.05) is 11.9 Å². The third-order valence-electron chi connectivity index (χ3n) is 5.46. The van der Waals surface area contributed by atoms with Crippen LogP contribution in [0, 0.1) is 0 Å². The van der Waals surface area contributed by atoms with Crippen LogP contribution in [0.5, 0.6) is 0 Å². The lowest BCUT2D eigenvalue weighted by molar-refractivity contribution is -0.143. The van der Waals surface area contributed by atoms with Gasteiger partial charge >= 0.3 is 0 Å². The van der Waals surface area contributed by atoms with Crippen LogP contribution in [-0.4, -0.2) is 54.9 Å². The van der Waals surface area contributed by atoms with E-state index in [-0.39, 0.29) is 22.7 Å². The number of carbonyl (C=O) groups excluding carboxylic acids is 2. The van der Waals surface area contributed by atoms with Gasteiger partial charge in [-0.2, -0.15) is 0 Å². The lowest BCUT2D eigenvalue weighted by Gasteiger charge is -2.31. The Kier molecular flexibility index (Phi) is 3.86. The summed E-state index contributed by atoms with van der Waals surface area (Å²) in [5, 5.41) is 0. The van der Waals surface area contributed by atoms with E-state index in [1.54, 1.807) is 16.7 Å². The van der Waals surface area contributed by atoms with Crippen LogP contribution in [0.25, 0.3) is 0 Å². The molecule has 4 heterocycles. The molecule has 3 aliphatic rings. The molecule has 3 aliphatic heterocycles. The van der Waals surface area contributed by atoms with Gasteiger partial charge in [-0.3, -0.25) is 9.59 Å². The number of imidazole rings is 1. The van der Waals surface area contributed by atoms with Crippen molar-refractivity contribution in [1.82, 2.24) is 19.4 Å². The summed E-state index contributed by atoms with van der Waals surface area (Å²) in [6.45, 7) is 3.62. The second kappa shape index (κ2) is 5.79. The summed E-state index contributed by atoms with van der Waals surface area (Å²) in [5.74, 6) is 1.99. The van der Waals surface area contributed by atoms with Gasteiger partial charge in [0.2, 0.25) is 11.8 Å². The van der Waals surface area contributed by atoms with Gasteiger partial charge < -0.3 is 14.4 Å². The number of carbonyl (C=O) groups is 2. The Balaban J connectivity index is 1.46. The number of nitrogens with zero attached hydrogens (tertiary/aromatic N) is 4. The normalized spacial score (nSPS) is 28.8. The van der Waals surface area contributed by atoms with Crippen LogP contribution in [0.3, 0.4) is 0 Å². The molecule has 1 aromatic heterocycles. The molecular formula is C17H24N4O2S. The van der Waals surface area contributed by atoms with Gasteiger partial charge in [0, 0.05) is 38.4 Å². The Morgan fingerprint density at radius 1 is 1.46 bits per heavy atom. The number of thioether (sulfide) groups is 1. The molecule has 6 nitrogen and oxygen atoms in total. The molecule has 2 amide bonds. The fraction of sp³-hybridized carbons (Fsp3) is 0.706. The molecule has 0 unspecified atom stereocenters. The standard InChI is InChI=1S/C17H24N4O2S/c1-17-7-6-15(22)21(17)13(11-24-17)16(23)19(2)9-12-10-20-8-4-3-5-14(20)18-12/h10,13H,3-9,11H2,1-2H3/t13-,17+/m1/s1. The Bertz CT molecular complexity index is 665. The minimum atomic E-state index is -0.322. The quantitative estimate of drug-likeness (QED) is 0.833. The highest BCUT2D eigenvalue weighted by molar-refractivity contribution is 8.01. The van der Waals surface area contributed by atoms with E-state index in [0.29, 0.717) is 18.7 Å². The Morgan fingerprint density at radius 2 is 2.29 bits per heavy atom. The predicted octanol–water partition coefficient (Wildman–Crippen LogP) is 1.63. The zero-order valence-electron chi connectivity index (χ0n) is 14.3. The fourth-order valence-electron chi connectivity index (χ4n) is 4.13. The second-order valence-electron chi connectivity index (χ2n) is 7.26. The minimum Gasteiger partial charge on any atom is -0.338 e. The first kappa shape index (κ1) is 16.0. The molecule has 2 atom stereocenters. The summed E-state index contributed by atoms with van der Waals surface area (Å²) in [7, 11) is 1.82. The minimum absolute atomic E-state index is 0.0347. The van der Waals surface area contributed by atoms with Crippen molar-refractivity contribution in [1.29, 1.82) is 0 Å². The van der Waals surface area contributed by atoms with Crippen molar-refractivity contribution in [3.63, 3.8) is 0 Å². The van der Waals surface area contributed by atoms with Crippen molar-refractivity contribution < 1.29 is 9.59 Å². The first-order chi connectivity index (χ1) is 11.5. The Hall–Kier alpha value is -1.50. The molecule has 24 heavy (non-hydrogen) atoms. The maximum atomic E-state index is 12.9. The highest BCUT2D eigenvalue weighted by Crippen LogP contribution is 2.47. The molecule has 130 valence electrons. The van der Waals surface area contributed by atoms with Crippen LogP contribution in [0.15, 0.2) is 6.20 Å². The zero-order chi connectivity index (χ0) is 16.9. The molecule has 0 saturated carbocycles. The van der Waals surface area contributed by atoms with Crippen LogP contribution in [0.4, 0.5) is 0 Å². The lowest BCUT2D eigenvalue weighted by atomic mass is 10.2. The van der Waals surface area contributed by atoms with Gasteiger partial charge in [-0.15, -0.1) is 11.8 Å². The van der Waals surface area contributed by atoms with Gasteiger partial charge in [0.1, 0.15) is 11.9 Å². The largest absolute Gasteiger partial charge is 0.338 e. The highest BCUT2D eigenvalue weighted by atomic mass is 32.2. The van der Waals surface area contributed by atoms with Crippen molar-refractivity contribution in [2.75, 3.05) is 12.8 Å². The smallest absolute Gasteiger partial charge is 0.246 e. The third-order valence-corrected chi connectivity index (χ3v) is 6.97. The molecule has 4 rings (SSSR count). The number of rotatable bonds is 3. The summed E-state index contributed by atoms with van der Waals surface area (Å²) >= 11 is 1.74. The average Bonchev–Trinajstić information content (AvgIpc) is 3.20. The van der Waals surface area contributed by atoms with E-state index in [1.165, 1.54) is 12.8 Å². The van der Waals surface area contributed by atoms with E-state index in [9.17, 15) is 9.59 Å². The van der Waals surface area contributed by atoms with Crippen LogP contribution in [0.2, 0.25) is 0 Å². The molecule has 0 aromatic carbocycles. The molecule has 0 N–H and O–H groups in total.